The van der Waals surface area contributed by atoms with E-state index in [1.54, 1.807) is 0 Å². The number of alkyl halides is 3. The smallest absolute Gasteiger partial charge is 0.491 e. The zero-order valence-corrected chi connectivity index (χ0v) is 22.7. The molecule has 1 aliphatic heterocycles. The van der Waals surface area contributed by atoms with Crippen molar-refractivity contribution in [3.8, 4) is 5.75 Å². The molecular weight excluding hydrogens is 600 g/mol. The minimum atomic E-state index is -5.00. The van der Waals surface area contributed by atoms with Gasteiger partial charge in [-0.3, -0.25) is 14.3 Å². The average Bonchev–Trinajstić information content (AvgIpc) is 2.90. The number of carbonyl (C=O) groups is 1. The van der Waals surface area contributed by atoms with E-state index in [1.807, 2.05) is 4.90 Å². The summed E-state index contributed by atoms with van der Waals surface area (Å²) < 4.78 is 75.8. The van der Waals surface area contributed by atoms with E-state index in [-0.39, 0.29) is 40.9 Å². The van der Waals surface area contributed by atoms with E-state index in [1.165, 1.54) is 12.1 Å². The molecule has 4 rings (SSSR count). The molecular formula is C26H24Cl2F5N3O5. The van der Waals surface area contributed by atoms with Crippen LogP contribution in [0.5, 0.6) is 5.75 Å². The van der Waals surface area contributed by atoms with Crippen molar-refractivity contribution in [2.24, 2.45) is 0 Å². The van der Waals surface area contributed by atoms with Crippen molar-refractivity contribution in [3.63, 3.8) is 0 Å². The Labute approximate surface area is 240 Å². The van der Waals surface area contributed by atoms with Gasteiger partial charge >= 0.3 is 6.36 Å². The van der Waals surface area contributed by atoms with Gasteiger partial charge in [-0.1, -0.05) is 23.2 Å². The van der Waals surface area contributed by atoms with Gasteiger partial charge in [0.1, 0.15) is 42.4 Å². The number of aliphatic hydroxyl groups excluding tert-OH is 1. The Balaban J connectivity index is 1.37. The third kappa shape index (κ3) is 8.07. The predicted octanol–water partition coefficient (Wildman–Crippen LogP) is 4.71. The largest absolute Gasteiger partial charge is 0.524 e. The van der Waals surface area contributed by atoms with Crippen LogP contribution in [0.15, 0.2) is 41.3 Å². The van der Waals surface area contributed by atoms with Crippen LogP contribution in [0.25, 0.3) is 10.9 Å². The molecule has 0 saturated carbocycles. The number of hydrogen-bond donors (Lipinski definition) is 2. The molecule has 2 aromatic carbocycles. The van der Waals surface area contributed by atoms with E-state index in [2.05, 4.69) is 10.1 Å². The molecule has 1 unspecified atom stereocenters. The van der Waals surface area contributed by atoms with Crippen LogP contribution in [-0.4, -0.2) is 65.2 Å². The van der Waals surface area contributed by atoms with Gasteiger partial charge in [-0.2, -0.15) is 0 Å². The fourth-order valence-corrected chi connectivity index (χ4v) is 4.70. The van der Waals surface area contributed by atoms with Gasteiger partial charge in [-0.05, 0) is 37.1 Å². The number of hydrogen-bond acceptors (Lipinski definition) is 6. The molecule has 0 radical (unpaired) electrons. The summed E-state index contributed by atoms with van der Waals surface area (Å²) in [6, 6.07) is 5.31. The number of carbonyl (C=O) groups excluding carboxylic acids is 1. The summed E-state index contributed by atoms with van der Waals surface area (Å²) >= 11 is 11.4. The molecule has 8 nitrogen and oxygen atoms in total. The summed E-state index contributed by atoms with van der Waals surface area (Å²) in [7, 11) is 0. The molecule has 3 aromatic rings. The van der Waals surface area contributed by atoms with Gasteiger partial charge in [0.25, 0.3) is 5.91 Å². The average molecular weight is 624 g/mol. The molecule has 41 heavy (non-hydrogen) atoms. The van der Waals surface area contributed by atoms with Gasteiger partial charge in [0.05, 0.1) is 15.6 Å². The number of amides is 1. The van der Waals surface area contributed by atoms with Crippen molar-refractivity contribution in [2.75, 3.05) is 26.2 Å². The molecule has 1 amide bonds. The first-order valence-electron chi connectivity index (χ1n) is 12.3. The summed E-state index contributed by atoms with van der Waals surface area (Å²) in [4.78, 5) is 27.9. The zero-order valence-electron chi connectivity index (χ0n) is 21.2. The fraction of sp³-hybridized carbons (Fsp3) is 0.385. The Hall–Kier alpha value is -2.97. The quantitative estimate of drug-likeness (QED) is 0.335. The maximum Gasteiger partial charge on any atom is 0.524 e. The normalized spacial score (nSPS) is 15.7. The molecule has 0 bridgehead atoms. The molecule has 15 heteroatoms. The van der Waals surface area contributed by atoms with E-state index >= 15 is 0 Å². The number of benzene rings is 2. The first-order valence-corrected chi connectivity index (χ1v) is 13.1. The summed E-state index contributed by atoms with van der Waals surface area (Å²) in [5.41, 5.74) is -1.50. The Kier molecular flexibility index (Phi) is 9.75. The van der Waals surface area contributed by atoms with Crippen molar-refractivity contribution >= 4 is 40.0 Å². The van der Waals surface area contributed by atoms with Crippen LogP contribution < -0.4 is 15.5 Å². The number of pyridine rings is 1. The van der Waals surface area contributed by atoms with E-state index in [9.17, 15) is 36.6 Å². The zero-order chi connectivity index (χ0) is 29.9. The lowest BCUT2D eigenvalue weighted by molar-refractivity contribution is -0.337. The number of rotatable bonds is 9. The van der Waals surface area contributed by atoms with Crippen molar-refractivity contribution in [2.45, 2.75) is 38.1 Å². The molecule has 0 spiro atoms. The van der Waals surface area contributed by atoms with Gasteiger partial charge in [0.15, 0.2) is 0 Å². The van der Waals surface area contributed by atoms with Crippen LogP contribution in [0.2, 0.25) is 10.0 Å². The number of fused-ring (bicyclic) bond motifs is 1. The lowest BCUT2D eigenvalue weighted by Gasteiger charge is -2.33. The highest BCUT2D eigenvalue weighted by atomic mass is 35.5. The van der Waals surface area contributed by atoms with Crippen LogP contribution in [0.4, 0.5) is 22.0 Å². The van der Waals surface area contributed by atoms with Crippen molar-refractivity contribution < 1.29 is 41.3 Å². The van der Waals surface area contributed by atoms with Crippen molar-refractivity contribution in [1.29, 1.82) is 0 Å². The number of piperidine rings is 1. The van der Waals surface area contributed by atoms with Crippen LogP contribution in [0, 0.1) is 11.6 Å². The van der Waals surface area contributed by atoms with E-state index < -0.39 is 52.8 Å². The molecule has 1 fully saturated rings. The minimum absolute atomic E-state index is 0.0478. The molecule has 2 heterocycles. The number of aromatic nitrogens is 1. The van der Waals surface area contributed by atoms with Gasteiger partial charge < -0.3 is 24.6 Å². The lowest BCUT2D eigenvalue weighted by Crippen LogP contribution is -2.47. The standard InChI is InChI=1S/C26H24Cl2F5N3O5/c27-19-2-1-16(7-21(19)29)40-12-15(37)10-35-5-3-14(4-6-35)34-25(39)18-11-36(13-41-26(31,32)33)23-9-20(28)22(30)8-17(23)24(18)38/h1-2,7-9,11,14-15,37H,3-6,10,12-13H2,(H,34,39). The highest BCUT2D eigenvalue weighted by Gasteiger charge is 2.30. The van der Waals surface area contributed by atoms with E-state index in [0.717, 1.165) is 29.0 Å². The number of halogens is 7. The second kappa shape index (κ2) is 12.9. The Bertz CT molecular complexity index is 1480. The fourth-order valence-electron chi connectivity index (χ4n) is 4.43. The van der Waals surface area contributed by atoms with Gasteiger partial charge in [-0.15, -0.1) is 13.2 Å². The SMILES string of the molecule is O=C(NC1CCN(CC(O)COc2ccc(Cl)c(F)c2)CC1)c1cn(COC(F)(F)F)c2cc(Cl)c(F)cc2c1=O. The number of aliphatic hydroxyl groups is 1. The van der Waals surface area contributed by atoms with Crippen molar-refractivity contribution in [1.82, 2.24) is 14.8 Å². The van der Waals surface area contributed by atoms with Gasteiger partial charge in [-0.25, -0.2) is 8.78 Å². The molecule has 1 saturated heterocycles. The topological polar surface area (TPSA) is 93.0 Å². The third-order valence-corrected chi connectivity index (χ3v) is 7.06. The van der Waals surface area contributed by atoms with Gasteiger partial charge in [0.2, 0.25) is 5.43 Å². The first-order chi connectivity index (χ1) is 19.3. The highest BCUT2D eigenvalue weighted by molar-refractivity contribution is 6.31. The highest BCUT2D eigenvalue weighted by Crippen LogP contribution is 2.24. The predicted molar refractivity (Wildman–Crippen MR) is 140 cm³/mol. The van der Waals surface area contributed by atoms with Gasteiger partial charge in [0, 0.05) is 43.3 Å². The third-order valence-electron chi connectivity index (χ3n) is 6.46. The Morgan fingerprint density at radius 1 is 1.10 bits per heavy atom. The Morgan fingerprint density at radius 3 is 2.44 bits per heavy atom. The summed E-state index contributed by atoms with van der Waals surface area (Å²) in [5, 5.41) is 12.2. The van der Waals surface area contributed by atoms with E-state index in [4.69, 9.17) is 27.9 Å². The molecule has 2 N–H and O–H groups in total. The second-order valence-corrected chi connectivity index (χ2v) is 10.2. The van der Waals surface area contributed by atoms with Crippen molar-refractivity contribution in [3.05, 3.63) is 74.0 Å². The molecule has 222 valence electrons. The van der Waals surface area contributed by atoms with Crippen LogP contribution in [-0.2, 0) is 11.5 Å². The minimum Gasteiger partial charge on any atom is -0.491 e. The number of β-amino-alcohol motifs (C(OH)–C–C–N with tert-alkyl or cyclic N) is 1. The lowest BCUT2D eigenvalue weighted by atomic mass is 10.0. The van der Waals surface area contributed by atoms with Crippen LogP contribution in [0.1, 0.15) is 23.2 Å². The maximum atomic E-state index is 14.1. The number of nitrogens with zero attached hydrogens (tertiary/aromatic N) is 2. The number of ether oxygens (including phenoxy) is 2. The summed E-state index contributed by atoms with van der Waals surface area (Å²) in [6.45, 7) is 0.0144. The first kappa shape index (κ1) is 31.0. The maximum absolute atomic E-state index is 14.1. The second-order valence-electron chi connectivity index (χ2n) is 9.43. The molecule has 1 aromatic heterocycles. The molecule has 0 aliphatic carbocycles. The molecule has 1 atom stereocenters. The monoisotopic (exact) mass is 623 g/mol. The van der Waals surface area contributed by atoms with E-state index in [0.29, 0.717) is 25.9 Å². The number of nitrogens with one attached hydrogen (secondary N) is 1. The van der Waals surface area contributed by atoms with Crippen LogP contribution >= 0.6 is 23.2 Å². The summed E-state index contributed by atoms with van der Waals surface area (Å²) in [5.74, 6) is -2.24. The van der Waals surface area contributed by atoms with Crippen LogP contribution in [0.3, 0.4) is 0 Å². The number of likely N-dealkylation sites (tertiary alicyclic amines) is 1. The molecule has 1 aliphatic rings. The Morgan fingerprint density at radius 2 is 1.78 bits per heavy atom. The summed E-state index contributed by atoms with van der Waals surface area (Å²) in [6.07, 6.45) is -4.07.